The first-order valence-electron chi connectivity index (χ1n) is 8.85. The van der Waals surface area contributed by atoms with Crippen LogP contribution in [0.3, 0.4) is 0 Å². The molecule has 2 amide bonds. The minimum absolute atomic E-state index is 0.0866. The van der Waals surface area contributed by atoms with Crippen LogP contribution in [0, 0.1) is 0 Å². The fourth-order valence-electron chi connectivity index (χ4n) is 2.92. The molecule has 7 nitrogen and oxygen atoms in total. The summed E-state index contributed by atoms with van der Waals surface area (Å²) in [5.41, 5.74) is 1.51. The number of amides is 2. The molecule has 0 saturated carbocycles. The third kappa shape index (κ3) is 4.62. The van der Waals surface area contributed by atoms with Gasteiger partial charge in [0.1, 0.15) is 24.7 Å². The van der Waals surface area contributed by atoms with E-state index in [1.165, 1.54) is 0 Å². The van der Waals surface area contributed by atoms with Crippen LogP contribution in [0.5, 0.6) is 11.5 Å². The third-order valence-corrected chi connectivity index (χ3v) is 4.24. The zero-order chi connectivity index (χ0) is 19.9. The van der Waals surface area contributed by atoms with Gasteiger partial charge < -0.3 is 24.8 Å². The van der Waals surface area contributed by atoms with Gasteiger partial charge in [-0.05, 0) is 36.8 Å². The van der Waals surface area contributed by atoms with Gasteiger partial charge in [0.25, 0.3) is 0 Å². The van der Waals surface area contributed by atoms with Crippen LogP contribution in [0.2, 0.25) is 0 Å². The molecule has 0 fully saturated rings. The Morgan fingerprint density at radius 2 is 1.79 bits per heavy atom. The number of para-hydroxylation sites is 1. The lowest BCUT2D eigenvalue weighted by atomic mass is 9.95. The van der Waals surface area contributed by atoms with Crippen LogP contribution in [0.4, 0.5) is 4.79 Å². The Hall–Kier alpha value is -3.48. The number of carbonyl (C=O) groups excluding carboxylic acids is 2. The highest BCUT2D eigenvalue weighted by atomic mass is 16.6. The minimum atomic E-state index is -0.633. The second kappa shape index (κ2) is 8.94. The lowest BCUT2D eigenvalue weighted by Gasteiger charge is -2.28. The molecule has 3 rings (SSSR count). The summed E-state index contributed by atoms with van der Waals surface area (Å²) in [5.74, 6) is 0.816. The number of hydrogen-bond donors (Lipinski definition) is 2. The summed E-state index contributed by atoms with van der Waals surface area (Å²) in [5, 5.41) is 5.39. The van der Waals surface area contributed by atoms with Gasteiger partial charge in [-0.25, -0.2) is 9.59 Å². The zero-order valence-electron chi connectivity index (χ0n) is 15.7. The van der Waals surface area contributed by atoms with Crippen molar-refractivity contribution in [2.24, 2.45) is 0 Å². The van der Waals surface area contributed by atoms with E-state index in [1.54, 1.807) is 32.2 Å². The summed E-state index contributed by atoms with van der Waals surface area (Å²) in [6.45, 7) is 1.98. The summed E-state index contributed by atoms with van der Waals surface area (Å²) in [6.07, 6.45) is 0. The first kappa shape index (κ1) is 19.3. The van der Waals surface area contributed by atoms with E-state index < -0.39 is 12.0 Å². The SMILES string of the molecule is COc1cccc(C2NC(=O)NC(C)=C2C(=O)OCCOc2ccccc2)c1. The lowest BCUT2D eigenvalue weighted by Crippen LogP contribution is -2.45. The highest BCUT2D eigenvalue weighted by Gasteiger charge is 2.32. The van der Waals surface area contributed by atoms with Gasteiger partial charge in [0.05, 0.1) is 18.7 Å². The van der Waals surface area contributed by atoms with Crippen molar-refractivity contribution in [3.8, 4) is 11.5 Å². The van der Waals surface area contributed by atoms with E-state index >= 15 is 0 Å². The maximum Gasteiger partial charge on any atom is 0.338 e. The van der Waals surface area contributed by atoms with Gasteiger partial charge in [-0.3, -0.25) is 0 Å². The van der Waals surface area contributed by atoms with E-state index in [4.69, 9.17) is 14.2 Å². The molecule has 1 unspecified atom stereocenters. The molecule has 0 aromatic heterocycles. The molecule has 1 atom stereocenters. The van der Waals surface area contributed by atoms with Crippen molar-refractivity contribution in [2.75, 3.05) is 20.3 Å². The smallest absolute Gasteiger partial charge is 0.338 e. The second-order valence-corrected chi connectivity index (χ2v) is 6.14. The van der Waals surface area contributed by atoms with Crippen LogP contribution in [0.15, 0.2) is 65.9 Å². The summed E-state index contributed by atoms with van der Waals surface area (Å²) < 4.78 is 16.1. The molecule has 0 saturated heterocycles. The van der Waals surface area contributed by atoms with Gasteiger partial charge in [-0.2, -0.15) is 0 Å². The van der Waals surface area contributed by atoms with E-state index in [0.717, 1.165) is 5.56 Å². The lowest BCUT2D eigenvalue weighted by molar-refractivity contribution is -0.140. The number of carbonyl (C=O) groups is 2. The largest absolute Gasteiger partial charge is 0.497 e. The van der Waals surface area contributed by atoms with Crippen LogP contribution in [0.25, 0.3) is 0 Å². The number of methoxy groups -OCH3 is 1. The highest BCUT2D eigenvalue weighted by molar-refractivity contribution is 5.95. The molecule has 2 N–H and O–H groups in total. The first-order valence-corrected chi connectivity index (χ1v) is 8.85. The number of rotatable bonds is 7. The van der Waals surface area contributed by atoms with Crippen LogP contribution in [-0.4, -0.2) is 32.3 Å². The fourth-order valence-corrected chi connectivity index (χ4v) is 2.92. The van der Waals surface area contributed by atoms with E-state index in [9.17, 15) is 9.59 Å². The average molecular weight is 382 g/mol. The number of ether oxygens (including phenoxy) is 3. The van der Waals surface area contributed by atoms with Crippen LogP contribution >= 0.6 is 0 Å². The van der Waals surface area contributed by atoms with Crippen LogP contribution in [0.1, 0.15) is 18.5 Å². The monoisotopic (exact) mass is 382 g/mol. The summed E-state index contributed by atoms with van der Waals surface area (Å²) in [4.78, 5) is 24.6. The number of allylic oxidation sites excluding steroid dienone is 1. The molecule has 0 spiro atoms. The van der Waals surface area contributed by atoms with Gasteiger partial charge in [0, 0.05) is 5.70 Å². The third-order valence-electron chi connectivity index (χ3n) is 4.24. The normalized spacial score (nSPS) is 16.1. The van der Waals surface area contributed by atoms with Crippen molar-refractivity contribution in [2.45, 2.75) is 13.0 Å². The van der Waals surface area contributed by atoms with E-state index in [1.807, 2.05) is 36.4 Å². The fraction of sp³-hybridized carbons (Fsp3) is 0.238. The van der Waals surface area contributed by atoms with E-state index in [0.29, 0.717) is 22.8 Å². The predicted octanol–water partition coefficient (Wildman–Crippen LogP) is 2.95. The standard InChI is InChI=1S/C21H22N2O5/c1-14-18(20(24)28-12-11-27-16-8-4-3-5-9-16)19(23-21(25)22-14)15-7-6-10-17(13-15)26-2/h3-10,13,19H,11-12H2,1-2H3,(H2,22,23,25). The van der Waals surface area contributed by atoms with Crippen molar-refractivity contribution >= 4 is 12.0 Å². The zero-order valence-corrected chi connectivity index (χ0v) is 15.7. The molecule has 1 aliphatic rings. The Morgan fingerprint density at radius 1 is 1.04 bits per heavy atom. The van der Waals surface area contributed by atoms with E-state index in [2.05, 4.69) is 10.6 Å². The number of urea groups is 1. The number of benzene rings is 2. The Morgan fingerprint density at radius 3 is 2.54 bits per heavy atom. The number of esters is 1. The maximum atomic E-state index is 12.7. The van der Waals surface area contributed by atoms with Gasteiger partial charge in [0.15, 0.2) is 0 Å². The Balaban J connectivity index is 1.69. The Labute approximate surface area is 163 Å². The molecule has 2 aromatic carbocycles. The molecule has 146 valence electrons. The molecule has 28 heavy (non-hydrogen) atoms. The summed E-state index contributed by atoms with van der Waals surface area (Å²) in [7, 11) is 1.56. The van der Waals surface area contributed by atoms with Crippen molar-refractivity contribution in [3.05, 3.63) is 71.4 Å². The predicted molar refractivity (Wildman–Crippen MR) is 103 cm³/mol. The van der Waals surface area contributed by atoms with Crippen molar-refractivity contribution in [1.82, 2.24) is 10.6 Å². The average Bonchev–Trinajstić information content (AvgIpc) is 2.71. The molecular formula is C21H22N2O5. The van der Waals surface area contributed by atoms with E-state index in [-0.39, 0.29) is 19.2 Å². The molecule has 1 aliphatic heterocycles. The minimum Gasteiger partial charge on any atom is -0.497 e. The summed E-state index contributed by atoms with van der Waals surface area (Å²) in [6, 6.07) is 15.5. The van der Waals surface area contributed by atoms with Gasteiger partial charge >= 0.3 is 12.0 Å². The van der Waals surface area contributed by atoms with Crippen LogP contribution < -0.4 is 20.1 Å². The highest BCUT2D eigenvalue weighted by Crippen LogP contribution is 2.29. The van der Waals surface area contributed by atoms with Crippen LogP contribution in [-0.2, 0) is 9.53 Å². The molecule has 2 aromatic rings. The van der Waals surface area contributed by atoms with Gasteiger partial charge in [0.2, 0.25) is 0 Å². The first-order chi connectivity index (χ1) is 13.6. The van der Waals surface area contributed by atoms with Gasteiger partial charge in [-0.15, -0.1) is 0 Å². The Bertz CT molecular complexity index is 879. The van der Waals surface area contributed by atoms with Crippen molar-refractivity contribution < 1.29 is 23.8 Å². The number of nitrogens with one attached hydrogen (secondary N) is 2. The van der Waals surface area contributed by atoms with Crippen molar-refractivity contribution in [1.29, 1.82) is 0 Å². The number of hydrogen-bond acceptors (Lipinski definition) is 5. The molecule has 1 heterocycles. The maximum absolute atomic E-state index is 12.7. The van der Waals surface area contributed by atoms with Crippen molar-refractivity contribution in [3.63, 3.8) is 0 Å². The van der Waals surface area contributed by atoms with Gasteiger partial charge in [-0.1, -0.05) is 30.3 Å². The molecular weight excluding hydrogens is 360 g/mol. The molecule has 7 heteroatoms. The molecule has 0 bridgehead atoms. The second-order valence-electron chi connectivity index (χ2n) is 6.14. The topological polar surface area (TPSA) is 85.9 Å². The Kier molecular flexibility index (Phi) is 6.16. The molecule has 0 radical (unpaired) electrons. The quantitative estimate of drug-likeness (QED) is 0.568. The summed E-state index contributed by atoms with van der Waals surface area (Å²) >= 11 is 0. The molecule has 0 aliphatic carbocycles.